The van der Waals surface area contributed by atoms with Crippen molar-refractivity contribution in [1.82, 2.24) is 0 Å². The van der Waals surface area contributed by atoms with E-state index in [2.05, 4.69) is 0 Å². The zero-order chi connectivity index (χ0) is 17.6. The molecule has 0 radical (unpaired) electrons. The van der Waals surface area contributed by atoms with Crippen molar-refractivity contribution in [2.24, 2.45) is 0 Å². The van der Waals surface area contributed by atoms with Crippen LogP contribution in [0.25, 0.3) is 0 Å². The second kappa shape index (κ2) is 5.84. The van der Waals surface area contributed by atoms with E-state index in [0.29, 0.717) is 11.1 Å². The number of benzene rings is 1. The normalized spacial score (nSPS) is 20.5. The average Bonchev–Trinajstić information content (AvgIpc) is 2.61. The first-order chi connectivity index (χ1) is 10.4. The molecule has 23 heavy (non-hydrogen) atoms. The summed E-state index contributed by atoms with van der Waals surface area (Å²) in [5.41, 5.74) is 1.20. The van der Waals surface area contributed by atoms with E-state index in [9.17, 15) is 15.0 Å². The quantitative estimate of drug-likeness (QED) is 0.833. The topological polar surface area (TPSA) is 76.0 Å². The van der Waals surface area contributed by atoms with Gasteiger partial charge in [0.15, 0.2) is 0 Å². The van der Waals surface area contributed by atoms with Crippen LogP contribution in [-0.4, -0.2) is 34.5 Å². The van der Waals surface area contributed by atoms with Crippen molar-refractivity contribution in [1.29, 1.82) is 0 Å². The van der Waals surface area contributed by atoms with Gasteiger partial charge in [0, 0.05) is 5.82 Å². The highest BCUT2D eigenvalue weighted by atomic mass is 16.7. The van der Waals surface area contributed by atoms with Crippen LogP contribution in [0.4, 0.5) is 0 Å². The summed E-state index contributed by atoms with van der Waals surface area (Å²) in [5.74, 6) is -1.11. The van der Waals surface area contributed by atoms with Crippen LogP contribution in [0.1, 0.15) is 56.6 Å². The highest BCUT2D eigenvalue weighted by molar-refractivity contribution is 6.48. The maximum atomic E-state index is 11.3. The number of hydrogen-bond acceptors (Lipinski definition) is 4. The van der Waals surface area contributed by atoms with Gasteiger partial charge in [-0.3, -0.25) is 4.79 Å². The number of aromatic hydroxyl groups is 1. The Balaban J connectivity index is 2.41. The van der Waals surface area contributed by atoms with Crippen LogP contribution >= 0.6 is 0 Å². The van der Waals surface area contributed by atoms with Crippen LogP contribution in [0.5, 0.6) is 5.75 Å². The predicted molar refractivity (Wildman–Crippen MR) is 88.7 cm³/mol. The Hall–Kier alpha value is -1.53. The van der Waals surface area contributed by atoms with Gasteiger partial charge in [-0.05, 0) is 58.2 Å². The first-order valence-corrected chi connectivity index (χ1v) is 7.82. The molecule has 2 N–H and O–H groups in total. The van der Waals surface area contributed by atoms with E-state index < -0.39 is 30.1 Å². The van der Waals surface area contributed by atoms with Gasteiger partial charge in [0.1, 0.15) is 5.75 Å². The minimum Gasteiger partial charge on any atom is -0.507 e. The summed E-state index contributed by atoms with van der Waals surface area (Å²) in [6.07, 6.45) is -0.0967. The van der Waals surface area contributed by atoms with Gasteiger partial charge in [0.2, 0.25) is 0 Å². The number of phenolic OH excluding ortho intramolecular Hbond substituents is 1. The molecule has 0 saturated carbocycles. The molecule has 0 spiro atoms. The van der Waals surface area contributed by atoms with Crippen molar-refractivity contribution in [3.63, 3.8) is 0 Å². The highest BCUT2D eigenvalue weighted by Gasteiger charge is 2.54. The van der Waals surface area contributed by atoms with E-state index in [1.807, 2.05) is 27.7 Å². The van der Waals surface area contributed by atoms with Crippen molar-refractivity contribution in [2.75, 3.05) is 0 Å². The maximum Gasteiger partial charge on any atom is 0.466 e. The Labute approximate surface area is 137 Å². The lowest BCUT2D eigenvalue weighted by atomic mass is 9.65. The number of rotatable bonds is 4. The van der Waals surface area contributed by atoms with Crippen molar-refractivity contribution in [2.45, 2.75) is 65.0 Å². The molecular formula is C17H25BO5. The van der Waals surface area contributed by atoms with Crippen LogP contribution in [0.3, 0.4) is 0 Å². The Bertz CT molecular complexity index is 584. The third-order valence-corrected chi connectivity index (χ3v) is 4.94. The number of aryl methyl sites for hydroxylation is 2. The molecule has 0 bridgehead atoms. The lowest BCUT2D eigenvalue weighted by Crippen LogP contribution is -2.41. The fraction of sp³-hybridized carbons (Fsp3) is 0.588. The largest absolute Gasteiger partial charge is 0.507 e. The summed E-state index contributed by atoms with van der Waals surface area (Å²) in [6, 6.07) is 3.61. The molecule has 1 aromatic carbocycles. The van der Waals surface area contributed by atoms with Crippen LogP contribution in [0.2, 0.25) is 0 Å². The molecule has 1 aliphatic heterocycles. The molecule has 1 aromatic rings. The highest BCUT2D eigenvalue weighted by Crippen LogP contribution is 2.42. The van der Waals surface area contributed by atoms with Gasteiger partial charge < -0.3 is 19.5 Å². The van der Waals surface area contributed by atoms with Crippen molar-refractivity contribution >= 4 is 13.1 Å². The predicted octanol–water partition coefficient (Wildman–Crippen LogP) is 3.20. The molecule has 1 atom stereocenters. The van der Waals surface area contributed by atoms with Crippen molar-refractivity contribution < 1.29 is 24.3 Å². The second-order valence-corrected chi connectivity index (χ2v) is 7.33. The SMILES string of the molecule is Cc1cc(C(CC(=O)O)B2OC(C)(C)C(C)(C)O2)cc(C)c1O. The lowest BCUT2D eigenvalue weighted by Gasteiger charge is -2.32. The molecule has 0 aliphatic carbocycles. The molecule has 1 unspecified atom stereocenters. The second-order valence-electron chi connectivity index (χ2n) is 7.33. The minimum absolute atomic E-state index is 0.0967. The van der Waals surface area contributed by atoms with Gasteiger partial charge in [-0.25, -0.2) is 0 Å². The Morgan fingerprint density at radius 3 is 1.96 bits per heavy atom. The van der Waals surface area contributed by atoms with Crippen molar-refractivity contribution in [3.8, 4) is 5.75 Å². The standard InChI is InChI=1S/C17H25BO5/c1-10-7-12(8-11(2)15(10)21)13(9-14(19)20)18-22-16(3,4)17(5,6)23-18/h7-8,13,21H,9H2,1-6H3,(H,19,20). The van der Waals surface area contributed by atoms with Crippen LogP contribution in [-0.2, 0) is 14.1 Å². The first kappa shape index (κ1) is 17.8. The molecule has 0 amide bonds. The minimum atomic E-state index is -0.909. The molecule has 6 heteroatoms. The van der Waals surface area contributed by atoms with Crippen molar-refractivity contribution in [3.05, 3.63) is 28.8 Å². The maximum absolute atomic E-state index is 11.3. The number of carboxylic acid groups (broad SMARTS) is 1. The average molecular weight is 320 g/mol. The summed E-state index contributed by atoms with van der Waals surface area (Å²) in [7, 11) is -0.639. The molecule has 1 saturated heterocycles. The summed E-state index contributed by atoms with van der Waals surface area (Å²) in [6.45, 7) is 11.4. The van der Waals surface area contributed by atoms with Crippen LogP contribution in [0, 0.1) is 13.8 Å². The molecule has 1 fully saturated rings. The zero-order valence-electron chi connectivity index (χ0n) is 14.6. The molecule has 2 rings (SSSR count). The van der Waals surface area contributed by atoms with E-state index >= 15 is 0 Å². The fourth-order valence-corrected chi connectivity index (χ4v) is 2.82. The number of hydrogen-bond donors (Lipinski definition) is 2. The monoisotopic (exact) mass is 320 g/mol. The van der Waals surface area contributed by atoms with E-state index in [-0.39, 0.29) is 12.2 Å². The molecular weight excluding hydrogens is 295 g/mol. The number of aliphatic carboxylic acids is 1. The first-order valence-electron chi connectivity index (χ1n) is 7.82. The molecule has 5 nitrogen and oxygen atoms in total. The van der Waals surface area contributed by atoms with Gasteiger partial charge in [0.25, 0.3) is 0 Å². The number of carbonyl (C=O) groups is 1. The Morgan fingerprint density at radius 2 is 1.57 bits per heavy atom. The van der Waals surface area contributed by atoms with Crippen LogP contribution in [0.15, 0.2) is 12.1 Å². The number of carboxylic acids is 1. The Kier molecular flexibility index (Phi) is 4.52. The van der Waals surface area contributed by atoms with Gasteiger partial charge in [0.05, 0.1) is 17.6 Å². The summed E-state index contributed by atoms with van der Waals surface area (Å²) in [5, 5.41) is 19.2. The van der Waals surface area contributed by atoms with E-state index in [0.717, 1.165) is 5.56 Å². The zero-order valence-corrected chi connectivity index (χ0v) is 14.6. The van der Waals surface area contributed by atoms with E-state index in [1.54, 1.807) is 26.0 Å². The van der Waals surface area contributed by atoms with E-state index in [4.69, 9.17) is 9.31 Å². The fourth-order valence-electron chi connectivity index (χ4n) is 2.82. The van der Waals surface area contributed by atoms with Gasteiger partial charge in [-0.15, -0.1) is 0 Å². The summed E-state index contributed by atoms with van der Waals surface area (Å²) >= 11 is 0. The third kappa shape index (κ3) is 3.38. The smallest absolute Gasteiger partial charge is 0.466 e. The van der Waals surface area contributed by atoms with Gasteiger partial charge in [-0.1, -0.05) is 12.1 Å². The van der Waals surface area contributed by atoms with Gasteiger partial charge >= 0.3 is 13.1 Å². The summed E-state index contributed by atoms with van der Waals surface area (Å²) in [4.78, 5) is 11.3. The van der Waals surface area contributed by atoms with E-state index in [1.165, 1.54) is 0 Å². The van der Waals surface area contributed by atoms with Crippen LogP contribution < -0.4 is 0 Å². The molecule has 1 aliphatic rings. The summed E-state index contributed by atoms with van der Waals surface area (Å²) < 4.78 is 12.1. The third-order valence-electron chi connectivity index (χ3n) is 4.94. The molecule has 1 heterocycles. The lowest BCUT2D eigenvalue weighted by molar-refractivity contribution is -0.137. The molecule has 0 aromatic heterocycles. The van der Waals surface area contributed by atoms with Gasteiger partial charge in [-0.2, -0.15) is 0 Å². The molecule has 126 valence electrons. The number of phenols is 1. The Morgan fingerprint density at radius 1 is 1.13 bits per heavy atom.